The van der Waals surface area contributed by atoms with Crippen LogP contribution in [0.5, 0.6) is 6.01 Å². The van der Waals surface area contributed by atoms with Crippen LogP contribution in [0.3, 0.4) is 0 Å². The molecule has 0 fully saturated rings. The monoisotopic (exact) mass is 270 g/mol. The fourth-order valence-electron chi connectivity index (χ4n) is 1.20. The maximum Gasteiger partial charge on any atom is 0.341 e. The summed E-state index contributed by atoms with van der Waals surface area (Å²) in [6.45, 7) is -0.604. The number of ether oxygens (including phenoxy) is 1. The Morgan fingerprint density at radius 3 is 3.00 bits per heavy atom. The average molecular weight is 271 g/mol. The van der Waals surface area contributed by atoms with Gasteiger partial charge in [-0.3, -0.25) is 4.98 Å². The van der Waals surface area contributed by atoms with Crippen molar-refractivity contribution < 1.29 is 19.8 Å². The van der Waals surface area contributed by atoms with Crippen LogP contribution in [0.1, 0.15) is 0 Å². The van der Waals surface area contributed by atoms with Crippen LogP contribution in [0.15, 0.2) is 18.5 Å². The van der Waals surface area contributed by atoms with Gasteiger partial charge >= 0.3 is 12.0 Å². The standard InChI is InChI=1S/C9H7ClN4O4/c10-6-3-11-2-1-5(6)8-12-9(13-14(8)17)18-4-7(15)16/h1-3,17H,4H2,(H,15,16). The molecule has 0 radical (unpaired) electrons. The fraction of sp³-hybridized carbons (Fsp3) is 0.111. The second-order valence-corrected chi connectivity index (χ2v) is 3.55. The van der Waals surface area contributed by atoms with Crippen LogP contribution in [-0.4, -0.2) is 42.8 Å². The Hall–Kier alpha value is -2.35. The maximum absolute atomic E-state index is 10.3. The predicted octanol–water partition coefficient (Wildman–Crippen LogP) is 0.694. The minimum absolute atomic E-state index is 0.0304. The lowest BCUT2D eigenvalue weighted by Gasteiger charge is -1.99. The lowest BCUT2D eigenvalue weighted by Crippen LogP contribution is -2.10. The van der Waals surface area contributed by atoms with Crippen LogP contribution in [0.2, 0.25) is 5.02 Å². The van der Waals surface area contributed by atoms with Crippen molar-refractivity contribution in [2.75, 3.05) is 6.61 Å². The van der Waals surface area contributed by atoms with E-state index in [0.29, 0.717) is 10.4 Å². The van der Waals surface area contributed by atoms with Gasteiger partial charge in [-0.05, 0) is 6.07 Å². The van der Waals surface area contributed by atoms with Gasteiger partial charge in [0.25, 0.3) is 0 Å². The summed E-state index contributed by atoms with van der Waals surface area (Å²) >= 11 is 5.88. The van der Waals surface area contributed by atoms with E-state index in [1.54, 1.807) is 0 Å². The highest BCUT2D eigenvalue weighted by molar-refractivity contribution is 6.33. The Labute approximate surface area is 105 Å². The number of pyridine rings is 1. The lowest BCUT2D eigenvalue weighted by atomic mass is 10.2. The normalized spacial score (nSPS) is 10.3. The molecule has 0 aliphatic carbocycles. The highest BCUT2D eigenvalue weighted by Crippen LogP contribution is 2.25. The molecule has 2 aromatic rings. The van der Waals surface area contributed by atoms with Crippen molar-refractivity contribution in [2.45, 2.75) is 0 Å². The number of hydrogen-bond donors (Lipinski definition) is 2. The first kappa shape index (κ1) is 12.1. The number of carboxylic acid groups (broad SMARTS) is 1. The van der Waals surface area contributed by atoms with E-state index in [-0.39, 0.29) is 16.9 Å². The van der Waals surface area contributed by atoms with E-state index in [1.165, 1.54) is 18.5 Å². The molecule has 2 heterocycles. The Bertz CT molecular complexity index is 586. The highest BCUT2D eigenvalue weighted by Gasteiger charge is 2.15. The summed E-state index contributed by atoms with van der Waals surface area (Å²) in [5, 5.41) is 21.7. The molecule has 2 rings (SSSR count). The van der Waals surface area contributed by atoms with Crippen LogP contribution in [0.4, 0.5) is 0 Å². The van der Waals surface area contributed by atoms with Crippen LogP contribution in [-0.2, 0) is 4.79 Å². The zero-order chi connectivity index (χ0) is 13.1. The molecule has 0 unspecified atom stereocenters. The molecule has 0 atom stereocenters. The van der Waals surface area contributed by atoms with Crippen molar-refractivity contribution in [3.8, 4) is 17.4 Å². The van der Waals surface area contributed by atoms with Gasteiger partial charge in [-0.2, -0.15) is 4.98 Å². The van der Waals surface area contributed by atoms with Crippen molar-refractivity contribution in [1.29, 1.82) is 0 Å². The third-order valence-corrected chi connectivity index (χ3v) is 2.21. The van der Waals surface area contributed by atoms with Gasteiger partial charge in [0.15, 0.2) is 6.61 Å². The number of rotatable bonds is 4. The molecule has 2 N–H and O–H groups in total. The Morgan fingerprint density at radius 2 is 2.33 bits per heavy atom. The van der Waals surface area contributed by atoms with Gasteiger partial charge in [0.2, 0.25) is 5.82 Å². The first-order valence-corrected chi connectivity index (χ1v) is 5.06. The predicted molar refractivity (Wildman–Crippen MR) is 58.6 cm³/mol. The molecule has 0 saturated carbocycles. The third-order valence-electron chi connectivity index (χ3n) is 1.91. The van der Waals surface area contributed by atoms with Crippen LogP contribution in [0, 0.1) is 0 Å². The molecule has 0 aromatic carbocycles. The van der Waals surface area contributed by atoms with Gasteiger partial charge in [0.05, 0.1) is 5.02 Å². The zero-order valence-corrected chi connectivity index (χ0v) is 9.57. The van der Waals surface area contributed by atoms with Gasteiger partial charge in [0.1, 0.15) is 0 Å². The van der Waals surface area contributed by atoms with Crippen molar-refractivity contribution >= 4 is 17.6 Å². The number of aromatic nitrogens is 4. The van der Waals surface area contributed by atoms with Crippen LogP contribution in [0.25, 0.3) is 11.4 Å². The zero-order valence-electron chi connectivity index (χ0n) is 8.82. The van der Waals surface area contributed by atoms with Gasteiger partial charge in [0, 0.05) is 18.0 Å². The molecule has 9 heteroatoms. The molecule has 0 amide bonds. The molecule has 0 saturated heterocycles. The van der Waals surface area contributed by atoms with E-state index < -0.39 is 12.6 Å². The summed E-state index contributed by atoms with van der Waals surface area (Å²) in [7, 11) is 0. The van der Waals surface area contributed by atoms with Crippen LogP contribution < -0.4 is 4.74 Å². The van der Waals surface area contributed by atoms with Gasteiger partial charge in [-0.1, -0.05) is 21.5 Å². The molecule has 0 aliphatic heterocycles. The summed E-state index contributed by atoms with van der Waals surface area (Å²) in [5.41, 5.74) is 0.395. The Kier molecular flexibility index (Phi) is 3.28. The highest BCUT2D eigenvalue weighted by atomic mass is 35.5. The minimum Gasteiger partial charge on any atom is -0.479 e. The van der Waals surface area contributed by atoms with Crippen LogP contribution >= 0.6 is 11.6 Å². The van der Waals surface area contributed by atoms with E-state index in [9.17, 15) is 10.0 Å². The van der Waals surface area contributed by atoms with Crippen molar-refractivity contribution in [2.24, 2.45) is 0 Å². The number of nitrogens with zero attached hydrogens (tertiary/aromatic N) is 4. The van der Waals surface area contributed by atoms with E-state index in [2.05, 4.69) is 15.1 Å². The number of hydrogen-bond acceptors (Lipinski definition) is 6. The summed E-state index contributed by atoms with van der Waals surface area (Å²) in [6, 6.07) is 1.27. The quantitative estimate of drug-likeness (QED) is 0.787. The molecular weight excluding hydrogens is 264 g/mol. The Morgan fingerprint density at radius 1 is 1.56 bits per heavy atom. The summed E-state index contributed by atoms with van der Waals surface area (Å²) < 4.78 is 4.73. The summed E-state index contributed by atoms with van der Waals surface area (Å²) in [5.74, 6) is -1.14. The van der Waals surface area contributed by atoms with Gasteiger partial charge in [-0.25, -0.2) is 4.79 Å². The van der Waals surface area contributed by atoms with E-state index in [1.807, 2.05) is 0 Å². The molecule has 0 aliphatic rings. The average Bonchev–Trinajstić information content (AvgIpc) is 2.69. The number of carbonyl (C=O) groups is 1. The smallest absolute Gasteiger partial charge is 0.341 e. The van der Waals surface area contributed by atoms with Gasteiger partial charge < -0.3 is 15.1 Å². The van der Waals surface area contributed by atoms with Gasteiger partial charge in [-0.15, -0.1) is 0 Å². The SMILES string of the molecule is O=C(O)COc1nc(-c2ccncc2Cl)n(O)n1. The van der Waals surface area contributed by atoms with E-state index in [0.717, 1.165) is 0 Å². The second-order valence-electron chi connectivity index (χ2n) is 3.15. The number of carboxylic acids is 1. The molecule has 18 heavy (non-hydrogen) atoms. The third kappa shape index (κ3) is 2.48. The first-order valence-electron chi connectivity index (χ1n) is 4.68. The molecule has 0 spiro atoms. The summed E-state index contributed by atoms with van der Waals surface area (Å²) in [6.07, 6.45) is 2.84. The fourth-order valence-corrected chi connectivity index (χ4v) is 1.40. The number of aliphatic carboxylic acids is 1. The molecule has 0 bridgehead atoms. The summed E-state index contributed by atoms with van der Waals surface area (Å²) in [4.78, 5) is 18.4. The minimum atomic E-state index is -1.17. The molecule has 8 nitrogen and oxygen atoms in total. The topological polar surface area (TPSA) is 110 Å². The second kappa shape index (κ2) is 4.88. The largest absolute Gasteiger partial charge is 0.479 e. The molecule has 94 valence electrons. The van der Waals surface area contributed by atoms with Crippen molar-refractivity contribution in [3.05, 3.63) is 23.5 Å². The molecular formula is C9H7ClN4O4. The number of halogens is 1. The van der Waals surface area contributed by atoms with Crippen molar-refractivity contribution in [1.82, 2.24) is 19.9 Å². The maximum atomic E-state index is 10.3. The first-order chi connectivity index (χ1) is 8.58. The van der Waals surface area contributed by atoms with E-state index >= 15 is 0 Å². The Balaban J connectivity index is 2.30. The molecule has 2 aromatic heterocycles. The lowest BCUT2D eigenvalue weighted by molar-refractivity contribution is -0.139. The van der Waals surface area contributed by atoms with Crippen molar-refractivity contribution in [3.63, 3.8) is 0 Å². The van der Waals surface area contributed by atoms with E-state index in [4.69, 9.17) is 21.4 Å².